The van der Waals surface area contributed by atoms with Gasteiger partial charge in [0.25, 0.3) is 5.91 Å². The lowest BCUT2D eigenvalue weighted by Crippen LogP contribution is -2.14. The van der Waals surface area contributed by atoms with Crippen molar-refractivity contribution in [3.63, 3.8) is 0 Å². The summed E-state index contributed by atoms with van der Waals surface area (Å²) in [6.07, 6.45) is 2.84. The number of rotatable bonds is 8. The molecule has 1 heterocycles. The number of nitrogens with two attached hydrogens (primary N) is 1. The zero-order valence-corrected chi connectivity index (χ0v) is 16.7. The van der Waals surface area contributed by atoms with E-state index in [0.717, 1.165) is 16.8 Å². The molecule has 29 heavy (non-hydrogen) atoms. The molecule has 3 rings (SSSR count). The molecule has 2 amide bonds. The Morgan fingerprint density at radius 3 is 2.45 bits per heavy atom. The lowest BCUT2D eigenvalue weighted by molar-refractivity contribution is -0.118. The molecule has 0 aliphatic carbocycles. The maximum absolute atomic E-state index is 12.5. The zero-order chi connectivity index (χ0) is 21.0. The van der Waals surface area contributed by atoms with Crippen molar-refractivity contribution in [2.45, 2.75) is 25.8 Å². The average molecular weight is 395 g/mol. The maximum Gasteiger partial charge on any atom is 0.256 e. The summed E-state index contributed by atoms with van der Waals surface area (Å²) >= 11 is 0. The van der Waals surface area contributed by atoms with Gasteiger partial charge in [-0.1, -0.05) is 12.1 Å². The Labute approximate surface area is 169 Å². The molecule has 0 spiro atoms. The Balaban J connectivity index is 1.75. The van der Waals surface area contributed by atoms with E-state index < -0.39 is 0 Å². The van der Waals surface area contributed by atoms with Gasteiger partial charge >= 0.3 is 0 Å². The second-order valence-corrected chi connectivity index (χ2v) is 6.88. The van der Waals surface area contributed by atoms with E-state index in [1.54, 1.807) is 26.4 Å². The molecule has 152 valence electrons. The molecule has 0 radical (unpaired) electrons. The van der Waals surface area contributed by atoms with Gasteiger partial charge in [0.15, 0.2) is 11.5 Å². The van der Waals surface area contributed by atoms with E-state index in [2.05, 4.69) is 10.6 Å². The van der Waals surface area contributed by atoms with E-state index in [1.807, 2.05) is 37.3 Å². The van der Waals surface area contributed by atoms with Crippen LogP contribution in [0.5, 0.6) is 11.5 Å². The molecule has 0 fully saturated rings. The number of carbonyl (C=O) groups is 2. The number of carbonyl (C=O) groups excluding carboxylic acids is 2. The molecule has 0 saturated heterocycles. The summed E-state index contributed by atoms with van der Waals surface area (Å²) in [6, 6.07) is 11.3. The van der Waals surface area contributed by atoms with Crippen LogP contribution in [0, 0.1) is 0 Å². The smallest absolute Gasteiger partial charge is 0.256 e. The second-order valence-electron chi connectivity index (χ2n) is 6.88. The number of fused-ring (bicyclic) bond motifs is 1. The number of hydrogen-bond acceptors (Lipinski definition) is 5. The molecule has 1 atom stereocenters. The van der Waals surface area contributed by atoms with E-state index in [1.165, 1.54) is 0 Å². The highest BCUT2D eigenvalue weighted by Gasteiger charge is 2.27. The fraction of sp³-hybridized carbons (Fsp3) is 0.273. The standard InChI is InChI=1S/C22H25N3O4/c1-13(24-15-7-4-14(5-8-15)6-9-21(23)26)10-17-16-11-19(28-2)20(29-3)12-18(16)25-22(17)27/h4-5,7-8,10-13,24H,6,9H2,1-3H3,(H2,23,26)(H,25,27). The number of amides is 2. The lowest BCUT2D eigenvalue weighted by atomic mass is 10.0. The molecule has 4 N–H and O–H groups in total. The maximum atomic E-state index is 12.5. The fourth-order valence-corrected chi connectivity index (χ4v) is 3.27. The molecule has 2 aromatic carbocycles. The van der Waals surface area contributed by atoms with Gasteiger partial charge < -0.3 is 25.8 Å². The highest BCUT2D eigenvalue weighted by atomic mass is 16.5. The number of primary amides is 1. The third-order valence-corrected chi connectivity index (χ3v) is 4.73. The highest BCUT2D eigenvalue weighted by Crippen LogP contribution is 2.40. The molecule has 0 aromatic heterocycles. The van der Waals surface area contributed by atoms with Crippen LogP contribution in [-0.2, 0) is 16.0 Å². The monoisotopic (exact) mass is 395 g/mol. The quantitative estimate of drug-likeness (QED) is 0.597. The summed E-state index contributed by atoms with van der Waals surface area (Å²) in [5, 5.41) is 6.22. The van der Waals surface area contributed by atoms with Gasteiger partial charge in [0.05, 0.1) is 19.9 Å². The molecule has 1 unspecified atom stereocenters. The van der Waals surface area contributed by atoms with Crippen LogP contribution in [0.2, 0.25) is 0 Å². The summed E-state index contributed by atoms with van der Waals surface area (Å²) in [5.74, 6) is 0.666. The number of methoxy groups -OCH3 is 2. The first-order chi connectivity index (χ1) is 13.9. The Kier molecular flexibility index (Phi) is 6.07. The minimum Gasteiger partial charge on any atom is -0.493 e. The first-order valence-electron chi connectivity index (χ1n) is 9.34. The zero-order valence-electron chi connectivity index (χ0n) is 16.7. The lowest BCUT2D eigenvalue weighted by Gasteiger charge is -2.13. The van der Waals surface area contributed by atoms with Crippen molar-refractivity contribution in [2.24, 2.45) is 5.73 Å². The largest absolute Gasteiger partial charge is 0.493 e. The van der Waals surface area contributed by atoms with Gasteiger partial charge in [-0.15, -0.1) is 0 Å². The third kappa shape index (κ3) is 4.68. The van der Waals surface area contributed by atoms with E-state index in [0.29, 0.717) is 35.6 Å². The third-order valence-electron chi connectivity index (χ3n) is 4.73. The Bertz CT molecular complexity index is 951. The van der Waals surface area contributed by atoms with E-state index in [-0.39, 0.29) is 17.9 Å². The van der Waals surface area contributed by atoms with Gasteiger partial charge in [-0.3, -0.25) is 9.59 Å². The SMILES string of the molecule is COc1cc2c(cc1OC)C(=CC(C)Nc1ccc(CCC(N)=O)cc1)C(=O)N2. The van der Waals surface area contributed by atoms with Crippen LogP contribution in [-0.4, -0.2) is 32.1 Å². The summed E-state index contributed by atoms with van der Waals surface area (Å²) in [4.78, 5) is 23.4. The molecular weight excluding hydrogens is 370 g/mol. The number of ether oxygens (including phenoxy) is 2. The number of benzene rings is 2. The summed E-state index contributed by atoms with van der Waals surface area (Å²) in [6.45, 7) is 1.97. The number of hydrogen-bond donors (Lipinski definition) is 3. The Hall–Kier alpha value is -3.48. The molecule has 2 aromatic rings. The first-order valence-corrected chi connectivity index (χ1v) is 9.34. The van der Waals surface area contributed by atoms with Gasteiger partial charge in [-0.25, -0.2) is 0 Å². The second kappa shape index (κ2) is 8.68. The molecular formula is C22H25N3O4. The number of anilines is 2. The molecule has 1 aliphatic heterocycles. The Morgan fingerprint density at radius 2 is 1.83 bits per heavy atom. The summed E-state index contributed by atoms with van der Waals surface area (Å²) in [7, 11) is 3.12. The van der Waals surface area contributed by atoms with Crippen LogP contribution >= 0.6 is 0 Å². The van der Waals surface area contributed by atoms with Crippen LogP contribution in [0.15, 0.2) is 42.5 Å². The van der Waals surface area contributed by atoms with Crippen LogP contribution in [0.4, 0.5) is 11.4 Å². The van der Waals surface area contributed by atoms with Crippen molar-refractivity contribution in [1.29, 1.82) is 0 Å². The van der Waals surface area contributed by atoms with E-state index in [9.17, 15) is 9.59 Å². The van der Waals surface area contributed by atoms with Crippen LogP contribution in [0.3, 0.4) is 0 Å². The summed E-state index contributed by atoms with van der Waals surface area (Å²) < 4.78 is 10.7. The van der Waals surface area contributed by atoms with Crippen molar-refractivity contribution >= 4 is 28.8 Å². The molecule has 1 aliphatic rings. The van der Waals surface area contributed by atoms with Crippen LogP contribution in [0.1, 0.15) is 24.5 Å². The van der Waals surface area contributed by atoms with Crippen LogP contribution < -0.4 is 25.8 Å². The van der Waals surface area contributed by atoms with Crippen molar-refractivity contribution in [2.75, 3.05) is 24.9 Å². The number of nitrogens with one attached hydrogen (secondary N) is 2. The first kappa shape index (κ1) is 20.3. The molecule has 7 nitrogen and oxygen atoms in total. The fourth-order valence-electron chi connectivity index (χ4n) is 3.27. The number of aryl methyl sites for hydroxylation is 1. The normalized spacial score (nSPS) is 14.9. The average Bonchev–Trinajstić information content (AvgIpc) is 3.00. The minimum absolute atomic E-state index is 0.0914. The highest BCUT2D eigenvalue weighted by molar-refractivity contribution is 6.31. The van der Waals surface area contributed by atoms with Crippen molar-refractivity contribution in [1.82, 2.24) is 0 Å². The molecule has 7 heteroatoms. The van der Waals surface area contributed by atoms with Gasteiger partial charge in [-0.05, 0) is 43.2 Å². The minimum atomic E-state index is -0.308. The van der Waals surface area contributed by atoms with Crippen molar-refractivity contribution in [3.8, 4) is 11.5 Å². The van der Waals surface area contributed by atoms with Gasteiger partial charge in [0.1, 0.15) is 0 Å². The topological polar surface area (TPSA) is 103 Å². The van der Waals surface area contributed by atoms with E-state index >= 15 is 0 Å². The van der Waals surface area contributed by atoms with Crippen molar-refractivity contribution < 1.29 is 19.1 Å². The van der Waals surface area contributed by atoms with Crippen molar-refractivity contribution in [3.05, 3.63) is 53.6 Å². The van der Waals surface area contributed by atoms with E-state index in [4.69, 9.17) is 15.2 Å². The predicted octanol–water partition coefficient (Wildman–Crippen LogP) is 2.96. The van der Waals surface area contributed by atoms with Gasteiger partial charge in [-0.2, -0.15) is 0 Å². The van der Waals surface area contributed by atoms with Gasteiger partial charge in [0, 0.05) is 35.4 Å². The predicted molar refractivity (Wildman–Crippen MR) is 113 cm³/mol. The summed E-state index contributed by atoms with van der Waals surface area (Å²) in [5.41, 5.74) is 9.22. The Morgan fingerprint density at radius 1 is 1.17 bits per heavy atom. The molecule has 0 saturated carbocycles. The van der Waals surface area contributed by atoms with Crippen LogP contribution in [0.25, 0.3) is 5.57 Å². The molecule has 0 bridgehead atoms. The van der Waals surface area contributed by atoms with Gasteiger partial charge in [0.2, 0.25) is 5.91 Å².